The van der Waals surface area contributed by atoms with Crippen molar-refractivity contribution >= 4 is 23.2 Å². The number of halogens is 2. The fraction of sp³-hybridized carbons (Fsp3) is 0.235. The van der Waals surface area contributed by atoms with Crippen molar-refractivity contribution in [2.45, 2.75) is 26.2 Å². The highest BCUT2D eigenvalue weighted by atomic mass is 35.5. The summed E-state index contributed by atoms with van der Waals surface area (Å²) in [6.45, 7) is 6.37. The molecule has 0 aliphatic carbocycles. The average molecular weight is 321 g/mol. The van der Waals surface area contributed by atoms with Crippen LogP contribution in [-0.4, -0.2) is 5.91 Å². The predicted molar refractivity (Wildman–Crippen MR) is 87.6 cm³/mol. The molecule has 2 rings (SSSR count). The van der Waals surface area contributed by atoms with Gasteiger partial charge in [0.2, 0.25) is 0 Å². The summed E-state index contributed by atoms with van der Waals surface area (Å²) in [5.41, 5.74) is 6.96. The van der Waals surface area contributed by atoms with Gasteiger partial charge in [-0.15, -0.1) is 0 Å². The maximum absolute atomic E-state index is 13.6. The minimum atomic E-state index is -0.658. The van der Waals surface area contributed by atoms with E-state index in [4.69, 9.17) is 11.6 Å². The summed E-state index contributed by atoms with van der Waals surface area (Å²) in [6.07, 6.45) is 0. The molecule has 0 unspecified atom stereocenters. The number of anilines is 1. The molecule has 0 saturated heterocycles. The van der Waals surface area contributed by atoms with Crippen LogP contribution in [0.4, 0.5) is 10.1 Å². The lowest BCUT2D eigenvalue weighted by Crippen LogP contribution is -2.30. The fourth-order valence-corrected chi connectivity index (χ4v) is 2.21. The molecule has 3 nitrogen and oxygen atoms in total. The SMILES string of the molecule is CC(C)(C)c1ccc(NNC(=O)c2c(F)cccc2Cl)cc1. The Morgan fingerprint density at radius 1 is 1.09 bits per heavy atom. The summed E-state index contributed by atoms with van der Waals surface area (Å²) in [5, 5.41) is 0.0716. The summed E-state index contributed by atoms with van der Waals surface area (Å²) in [5.74, 6) is -1.28. The van der Waals surface area contributed by atoms with Gasteiger partial charge in [0.15, 0.2) is 0 Å². The van der Waals surface area contributed by atoms with Crippen molar-refractivity contribution in [1.82, 2.24) is 5.43 Å². The molecule has 0 fully saturated rings. The van der Waals surface area contributed by atoms with Gasteiger partial charge in [-0.1, -0.05) is 50.6 Å². The molecule has 0 radical (unpaired) electrons. The van der Waals surface area contributed by atoms with Gasteiger partial charge in [0, 0.05) is 0 Å². The first-order valence-electron chi connectivity index (χ1n) is 6.90. The van der Waals surface area contributed by atoms with Crippen molar-refractivity contribution in [2.24, 2.45) is 0 Å². The molecule has 0 heterocycles. The highest BCUT2D eigenvalue weighted by Crippen LogP contribution is 2.23. The first-order valence-corrected chi connectivity index (χ1v) is 7.28. The van der Waals surface area contributed by atoms with Gasteiger partial charge in [-0.2, -0.15) is 0 Å². The molecule has 22 heavy (non-hydrogen) atoms. The summed E-state index contributed by atoms with van der Waals surface area (Å²) >= 11 is 5.85. The molecule has 2 aromatic rings. The molecule has 0 atom stereocenters. The number of amides is 1. The van der Waals surface area contributed by atoms with Crippen LogP contribution in [0.2, 0.25) is 5.02 Å². The Hall–Kier alpha value is -2.07. The molecule has 0 bridgehead atoms. The van der Waals surface area contributed by atoms with Gasteiger partial charge in [0.1, 0.15) is 5.82 Å². The minimum absolute atomic E-state index is 0.0580. The quantitative estimate of drug-likeness (QED) is 0.816. The lowest BCUT2D eigenvalue weighted by atomic mass is 9.87. The maximum atomic E-state index is 13.6. The number of nitrogens with one attached hydrogen (secondary N) is 2. The van der Waals surface area contributed by atoms with Gasteiger partial charge in [-0.25, -0.2) is 4.39 Å². The molecule has 0 saturated carbocycles. The first kappa shape index (κ1) is 16.3. The van der Waals surface area contributed by atoms with Crippen LogP contribution in [0.5, 0.6) is 0 Å². The van der Waals surface area contributed by atoms with E-state index in [-0.39, 0.29) is 16.0 Å². The normalized spacial score (nSPS) is 11.1. The zero-order valence-electron chi connectivity index (χ0n) is 12.7. The van der Waals surface area contributed by atoms with E-state index in [2.05, 4.69) is 31.6 Å². The van der Waals surface area contributed by atoms with Gasteiger partial charge < -0.3 is 0 Å². The Morgan fingerprint density at radius 3 is 2.27 bits per heavy atom. The van der Waals surface area contributed by atoms with Gasteiger partial charge >= 0.3 is 0 Å². The maximum Gasteiger partial charge on any atom is 0.274 e. The Bertz CT molecular complexity index is 658. The van der Waals surface area contributed by atoms with Crippen molar-refractivity contribution in [3.05, 3.63) is 64.4 Å². The van der Waals surface area contributed by atoms with Crippen LogP contribution >= 0.6 is 11.6 Å². The number of carbonyl (C=O) groups excluding carboxylic acids is 1. The minimum Gasteiger partial charge on any atom is -0.298 e. The fourth-order valence-electron chi connectivity index (χ4n) is 1.96. The van der Waals surface area contributed by atoms with E-state index >= 15 is 0 Å². The van der Waals surface area contributed by atoms with E-state index in [9.17, 15) is 9.18 Å². The molecule has 0 aliphatic rings. The van der Waals surface area contributed by atoms with E-state index in [0.717, 1.165) is 0 Å². The lowest BCUT2D eigenvalue weighted by molar-refractivity contribution is 0.0959. The molecule has 0 aromatic heterocycles. The van der Waals surface area contributed by atoms with Crippen LogP contribution in [0.25, 0.3) is 0 Å². The van der Waals surface area contributed by atoms with Gasteiger partial charge in [0.25, 0.3) is 5.91 Å². The van der Waals surface area contributed by atoms with Crippen LogP contribution in [0.3, 0.4) is 0 Å². The lowest BCUT2D eigenvalue weighted by Gasteiger charge is -2.19. The third kappa shape index (κ3) is 3.77. The van der Waals surface area contributed by atoms with E-state index in [0.29, 0.717) is 5.69 Å². The highest BCUT2D eigenvalue weighted by molar-refractivity contribution is 6.33. The second-order valence-corrected chi connectivity index (χ2v) is 6.41. The van der Waals surface area contributed by atoms with Crippen LogP contribution in [0.15, 0.2) is 42.5 Å². The second kappa shape index (κ2) is 6.36. The number of hydrogen-bond donors (Lipinski definition) is 2. The smallest absolute Gasteiger partial charge is 0.274 e. The predicted octanol–water partition coefficient (Wildman–Crippen LogP) is 4.53. The van der Waals surface area contributed by atoms with E-state index in [1.807, 2.05) is 24.3 Å². The Balaban J connectivity index is 2.06. The third-order valence-electron chi connectivity index (χ3n) is 3.26. The van der Waals surface area contributed by atoms with Crippen molar-refractivity contribution < 1.29 is 9.18 Å². The Morgan fingerprint density at radius 2 is 1.73 bits per heavy atom. The number of benzene rings is 2. The molecule has 1 amide bonds. The molecule has 0 spiro atoms. The number of carbonyl (C=O) groups is 1. The molecule has 2 aromatic carbocycles. The van der Waals surface area contributed by atoms with Crippen molar-refractivity contribution in [1.29, 1.82) is 0 Å². The molecule has 116 valence electrons. The van der Waals surface area contributed by atoms with Gasteiger partial charge in [0.05, 0.1) is 16.3 Å². The van der Waals surface area contributed by atoms with Crippen molar-refractivity contribution in [3.63, 3.8) is 0 Å². The number of rotatable bonds is 3. The van der Waals surface area contributed by atoms with Crippen molar-refractivity contribution in [3.8, 4) is 0 Å². The third-order valence-corrected chi connectivity index (χ3v) is 3.58. The summed E-state index contributed by atoms with van der Waals surface area (Å²) in [4.78, 5) is 12.0. The number of hydrazine groups is 1. The van der Waals surface area contributed by atoms with Gasteiger partial charge in [-0.05, 0) is 35.2 Å². The number of hydrogen-bond acceptors (Lipinski definition) is 2. The Kier molecular flexibility index (Phi) is 4.71. The second-order valence-electron chi connectivity index (χ2n) is 6.00. The monoisotopic (exact) mass is 320 g/mol. The largest absolute Gasteiger partial charge is 0.298 e. The molecule has 2 N–H and O–H groups in total. The highest BCUT2D eigenvalue weighted by Gasteiger charge is 2.16. The van der Waals surface area contributed by atoms with Gasteiger partial charge in [-0.3, -0.25) is 15.6 Å². The topological polar surface area (TPSA) is 41.1 Å². The van der Waals surface area contributed by atoms with Crippen LogP contribution in [-0.2, 0) is 5.41 Å². The standard InChI is InChI=1S/C17H18ClFN2O/c1-17(2,3)11-7-9-12(10-8-11)20-21-16(22)15-13(18)5-4-6-14(15)19/h4-10,20H,1-3H3,(H,21,22). The Labute approximate surface area is 134 Å². The average Bonchev–Trinajstić information content (AvgIpc) is 2.44. The first-order chi connectivity index (χ1) is 10.3. The molecule has 5 heteroatoms. The molecular weight excluding hydrogens is 303 g/mol. The summed E-state index contributed by atoms with van der Waals surface area (Å²) in [7, 11) is 0. The van der Waals surface area contributed by atoms with Crippen LogP contribution in [0, 0.1) is 5.82 Å². The van der Waals surface area contributed by atoms with Crippen LogP contribution in [0.1, 0.15) is 36.7 Å². The van der Waals surface area contributed by atoms with Crippen LogP contribution < -0.4 is 10.9 Å². The van der Waals surface area contributed by atoms with E-state index in [1.165, 1.54) is 23.8 Å². The zero-order chi connectivity index (χ0) is 16.3. The van der Waals surface area contributed by atoms with E-state index in [1.54, 1.807) is 0 Å². The zero-order valence-corrected chi connectivity index (χ0v) is 13.5. The van der Waals surface area contributed by atoms with E-state index < -0.39 is 11.7 Å². The summed E-state index contributed by atoms with van der Waals surface area (Å²) < 4.78 is 13.6. The molecule has 0 aliphatic heterocycles. The van der Waals surface area contributed by atoms with Crippen molar-refractivity contribution in [2.75, 3.05) is 5.43 Å². The summed E-state index contributed by atoms with van der Waals surface area (Å²) in [6, 6.07) is 11.8. The molecular formula is C17H18ClFN2O.